The van der Waals surface area contributed by atoms with E-state index < -0.39 is 20.2 Å². The first-order valence-corrected chi connectivity index (χ1v) is 7.70. The van der Waals surface area contributed by atoms with Gasteiger partial charge in [0.25, 0.3) is 0 Å². The van der Waals surface area contributed by atoms with Crippen molar-refractivity contribution in [2.24, 2.45) is 5.73 Å². The van der Waals surface area contributed by atoms with E-state index in [9.17, 15) is 9.13 Å². The third-order valence-corrected chi connectivity index (χ3v) is 6.22. The SMILES string of the molecule is Cc1ccc(C(N)(P(=O)(O)O)P(=O)(O)O)cc1. The summed E-state index contributed by atoms with van der Waals surface area (Å²) in [4.78, 5) is 36.4. The van der Waals surface area contributed by atoms with Crippen LogP contribution in [0.25, 0.3) is 0 Å². The Bertz CT molecular complexity index is 479. The summed E-state index contributed by atoms with van der Waals surface area (Å²) >= 11 is 0. The molecule has 1 aromatic rings. The molecule has 0 heterocycles. The van der Waals surface area contributed by atoms with Crippen LogP contribution < -0.4 is 5.73 Å². The molecule has 0 aromatic heterocycles. The summed E-state index contributed by atoms with van der Waals surface area (Å²) in [7, 11) is -10.5. The Morgan fingerprint density at radius 2 is 1.35 bits per heavy atom. The molecule has 0 unspecified atom stereocenters. The van der Waals surface area contributed by atoms with Crippen molar-refractivity contribution >= 4 is 15.2 Å². The highest BCUT2D eigenvalue weighted by atomic mass is 31.2. The minimum atomic E-state index is -5.23. The van der Waals surface area contributed by atoms with Gasteiger partial charge in [-0.2, -0.15) is 0 Å². The third-order valence-electron chi connectivity index (χ3n) is 2.36. The molecule has 0 bridgehead atoms. The van der Waals surface area contributed by atoms with Gasteiger partial charge in [-0.3, -0.25) is 9.13 Å². The van der Waals surface area contributed by atoms with Crippen LogP contribution >= 0.6 is 15.2 Å². The van der Waals surface area contributed by atoms with Crippen LogP contribution in [0.2, 0.25) is 0 Å². The number of hydrogen-bond acceptors (Lipinski definition) is 3. The van der Waals surface area contributed by atoms with Gasteiger partial charge >= 0.3 is 15.2 Å². The van der Waals surface area contributed by atoms with Gasteiger partial charge in [-0.1, -0.05) is 29.8 Å². The fourth-order valence-corrected chi connectivity index (χ4v) is 3.63. The highest BCUT2D eigenvalue weighted by molar-refractivity contribution is 7.71. The normalized spacial score (nSPS) is 13.8. The van der Waals surface area contributed by atoms with Gasteiger partial charge in [0.2, 0.25) is 5.02 Å². The molecule has 0 fully saturated rings. The molecule has 0 spiro atoms. The van der Waals surface area contributed by atoms with Gasteiger partial charge in [-0.05, 0) is 12.5 Å². The van der Waals surface area contributed by atoms with E-state index in [1.54, 1.807) is 6.92 Å². The fraction of sp³-hybridized carbons (Fsp3) is 0.250. The molecular weight excluding hydrogens is 268 g/mol. The molecule has 1 rings (SSSR count). The molecule has 0 aliphatic carbocycles. The molecule has 0 saturated heterocycles. The average molecular weight is 281 g/mol. The minimum absolute atomic E-state index is 0.301. The van der Waals surface area contributed by atoms with Crippen molar-refractivity contribution in [3.63, 3.8) is 0 Å². The van der Waals surface area contributed by atoms with Crippen LogP contribution in [0.4, 0.5) is 0 Å². The lowest BCUT2D eigenvalue weighted by Gasteiger charge is -2.30. The zero-order valence-corrected chi connectivity index (χ0v) is 10.7. The second-order valence-electron chi connectivity index (χ2n) is 3.68. The zero-order chi connectivity index (χ0) is 13.5. The van der Waals surface area contributed by atoms with Gasteiger partial charge in [0.05, 0.1) is 0 Å². The summed E-state index contributed by atoms with van der Waals surface area (Å²) in [6.07, 6.45) is 0. The lowest BCUT2D eigenvalue weighted by Crippen LogP contribution is -2.36. The van der Waals surface area contributed by atoms with E-state index in [-0.39, 0.29) is 5.56 Å². The van der Waals surface area contributed by atoms with Crippen LogP contribution in [-0.2, 0) is 14.2 Å². The van der Waals surface area contributed by atoms with Gasteiger partial charge in [-0.15, -0.1) is 0 Å². The molecule has 17 heavy (non-hydrogen) atoms. The summed E-state index contributed by atoms with van der Waals surface area (Å²) in [6.45, 7) is 1.72. The van der Waals surface area contributed by atoms with Crippen molar-refractivity contribution in [2.45, 2.75) is 11.9 Å². The Labute approximate surface area is 97.6 Å². The predicted octanol–water partition coefficient (Wildman–Crippen LogP) is 0.419. The van der Waals surface area contributed by atoms with E-state index in [4.69, 9.17) is 25.3 Å². The maximum atomic E-state index is 11.3. The number of aryl methyl sites for hydroxylation is 1. The molecule has 0 amide bonds. The van der Waals surface area contributed by atoms with Crippen LogP contribution in [0.5, 0.6) is 0 Å². The maximum absolute atomic E-state index is 11.3. The molecular formula is C8H13NO6P2. The van der Waals surface area contributed by atoms with Crippen molar-refractivity contribution in [3.05, 3.63) is 35.4 Å². The topological polar surface area (TPSA) is 141 Å². The Hall–Kier alpha value is -0.520. The molecule has 96 valence electrons. The van der Waals surface area contributed by atoms with Crippen molar-refractivity contribution in [2.75, 3.05) is 0 Å². The van der Waals surface area contributed by atoms with Gasteiger partial charge in [-0.25, -0.2) is 0 Å². The molecule has 6 N–H and O–H groups in total. The van der Waals surface area contributed by atoms with E-state index in [2.05, 4.69) is 0 Å². The summed E-state index contributed by atoms with van der Waals surface area (Å²) in [5, 5.41) is -3.01. The highest BCUT2D eigenvalue weighted by Crippen LogP contribution is 2.71. The van der Waals surface area contributed by atoms with Crippen LogP contribution in [0.15, 0.2) is 24.3 Å². The van der Waals surface area contributed by atoms with E-state index in [1.165, 1.54) is 24.3 Å². The molecule has 0 saturated carbocycles. The van der Waals surface area contributed by atoms with E-state index in [0.717, 1.165) is 5.56 Å². The van der Waals surface area contributed by atoms with Crippen LogP contribution in [0.1, 0.15) is 11.1 Å². The summed E-state index contributed by atoms with van der Waals surface area (Å²) in [5.74, 6) is 0. The molecule has 0 radical (unpaired) electrons. The Morgan fingerprint density at radius 1 is 1.00 bits per heavy atom. The second-order valence-corrected chi connectivity index (χ2v) is 7.62. The van der Waals surface area contributed by atoms with E-state index >= 15 is 0 Å². The first-order chi connectivity index (χ1) is 7.50. The first kappa shape index (κ1) is 14.5. The lowest BCUT2D eigenvalue weighted by molar-refractivity contribution is 0.310. The second kappa shape index (κ2) is 4.30. The van der Waals surface area contributed by atoms with Crippen LogP contribution in [0, 0.1) is 6.92 Å². The van der Waals surface area contributed by atoms with Crippen LogP contribution in [-0.4, -0.2) is 19.6 Å². The summed E-state index contributed by atoms with van der Waals surface area (Å²) in [5.41, 5.74) is 5.77. The quantitative estimate of drug-likeness (QED) is 0.505. The van der Waals surface area contributed by atoms with Crippen molar-refractivity contribution in [3.8, 4) is 0 Å². The van der Waals surface area contributed by atoms with Crippen LogP contribution in [0.3, 0.4) is 0 Å². The number of nitrogens with two attached hydrogens (primary N) is 1. The van der Waals surface area contributed by atoms with Crippen molar-refractivity contribution < 1.29 is 28.7 Å². The molecule has 0 atom stereocenters. The molecule has 9 heteroatoms. The van der Waals surface area contributed by atoms with Gasteiger partial charge in [0.15, 0.2) is 0 Å². The van der Waals surface area contributed by atoms with Gasteiger partial charge < -0.3 is 25.3 Å². The van der Waals surface area contributed by atoms with E-state index in [0.29, 0.717) is 0 Å². The predicted molar refractivity (Wildman–Crippen MR) is 61.1 cm³/mol. The zero-order valence-electron chi connectivity index (χ0n) is 8.89. The highest BCUT2D eigenvalue weighted by Gasteiger charge is 2.58. The monoisotopic (exact) mass is 281 g/mol. The summed E-state index contributed by atoms with van der Waals surface area (Å²) < 4.78 is 22.5. The summed E-state index contributed by atoms with van der Waals surface area (Å²) in [6, 6.07) is 5.30. The van der Waals surface area contributed by atoms with Crippen molar-refractivity contribution in [1.82, 2.24) is 0 Å². The fourth-order valence-electron chi connectivity index (χ4n) is 1.30. The number of rotatable bonds is 3. The molecule has 0 aliphatic rings. The van der Waals surface area contributed by atoms with Crippen molar-refractivity contribution in [1.29, 1.82) is 0 Å². The Morgan fingerprint density at radius 3 is 1.65 bits per heavy atom. The number of benzene rings is 1. The maximum Gasteiger partial charge on any atom is 0.362 e. The van der Waals surface area contributed by atoms with Gasteiger partial charge in [0, 0.05) is 0 Å². The van der Waals surface area contributed by atoms with Gasteiger partial charge in [0.1, 0.15) is 0 Å². The molecule has 1 aromatic carbocycles. The minimum Gasteiger partial charge on any atom is -0.322 e. The lowest BCUT2D eigenvalue weighted by atomic mass is 10.1. The third kappa shape index (κ3) is 2.51. The first-order valence-electron chi connectivity index (χ1n) is 4.47. The number of hydrogen-bond donors (Lipinski definition) is 5. The van der Waals surface area contributed by atoms with E-state index in [1.807, 2.05) is 0 Å². The standard InChI is InChI=1S/C8H13NO6P2/c1-6-2-4-7(5-3-6)8(9,16(10,11)12)17(13,14)15/h2-5H,9H2,1H3,(H2,10,11,12)(H2,13,14,15). The average Bonchev–Trinajstić information content (AvgIpc) is 2.14. The largest absolute Gasteiger partial charge is 0.362 e. The Balaban J connectivity index is 3.52. The smallest absolute Gasteiger partial charge is 0.322 e. The molecule has 0 aliphatic heterocycles. The Kier molecular flexibility index (Phi) is 3.68. The molecule has 7 nitrogen and oxygen atoms in total.